The van der Waals surface area contributed by atoms with Gasteiger partial charge in [0.25, 0.3) is 0 Å². The summed E-state index contributed by atoms with van der Waals surface area (Å²) >= 11 is 0. The summed E-state index contributed by atoms with van der Waals surface area (Å²) in [5.41, 5.74) is 0. The van der Waals surface area contributed by atoms with E-state index in [0.29, 0.717) is 13.2 Å². The Morgan fingerprint density at radius 1 is 1.35 bits per heavy atom. The molecule has 1 heterocycles. The van der Waals surface area contributed by atoms with Gasteiger partial charge >= 0.3 is 0 Å². The third-order valence-electron chi connectivity index (χ3n) is 2.68. The number of rotatable bonds is 8. The summed E-state index contributed by atoms with van der Waals surface area (Å²) in [6.45, 7) is 10.3. The molecule has 0 amide bonds. The fourth-order valence-electron chi connectivity index (χ4n) is 1.78. The maximum Gasteiger partial charge on any atom is 0.0791 e. The molecule has 0 bridgehead atoms. The molecule has 1 aliphatic heterocycles. The van der Waals surface area contributed by atoms with Crippen molar-refractivity contribution in [2.24, 2.45) is 0 Å². The molecule has 102 valence electrons. The Kier molecular flexibility index (Phi) is 7.72. The molecule has 1 aliphatic rings. The molecule has 5 heteroatoms. The van der Waals surface area contributed by atoms with Crippen molar-refractivity contribution < 1.29 is 14.6 Å². The Morgan fingerprint density at radius 3 is 2.71 bits per heavy atom. The summed E-state index contributed by atoms with van der Waals surface area (Å²) in [6.07, 6.45) is -0.0396. The molecule has 1 rings (SSSR count). The van der Waals surface area contributed by atoms with Crippen LogP contribution < -0.4 is 5.32 Å². The number of β-amino-alcohol motifs (C(OH)–C–C–N with tert-alkyl or cyclic N) is 1. The minimum atomic E-state index is -0.313. The molecule has 1 saturated heterocycles. The number of aliphatic hydroxyl groups is 1. The summed E-state index contributed by atoms with van der Waals surface area (Å²) < 4.78 is 10.7. The van der Waals surface area contributed by atoms with Crippen LogP contribution in [-0.2, 0) is 9.47 Å². The molecule has 0 spiro atoms. The molecule has 1 atom stereocenters. The SMILES string of the molecule is CC(C)OCCNCC(O)CN1CCOCC1. The van der Waals surface area contributed by atoms with E-state index in [-0.39, 0.29) is 12.2 Å². The van der Waals surface area contributed by atoms with Gasteiger partial charge in [0.05, 0.1) is 32.0 Å². The lowest BCUT2D eigenvalue weighted by molar-refractivity contribution is 0.0143. The predicted molar refractivity (Wildman–Crippen MR) is 67.2 cm³/mol. The molecule has 0 aromatic rings. The number of nitrogens with zero attached hydrogens (tertiary/aromatic N) is 1. The van der Waals surface area contributed by atoms with E-state index in [9.17, 15) is 5.11 Å². The zero-order valence-corrected chi connectivity index (χ0v) is 11.0. The minimum absolute atomic E-state index is 0.273. The van der Waals surface area contributed by atoms with Gasteiger partial charge in [-0.15, -0.1) is 0 Å². The van der Waals surface area contributed by atoms with Crippen LogP contribution in [0.4, 0.5) is 0 Å². The van der Waals surface area contributed by atoms with Gasteiger partial charge in [0.1, 0.15) is 0 Å². The lowest BCUT2D eigenvalue weighted by Crippen LogP contribution is -2.44. The first kappa shape index (κ1) is 14.9. The zero-order valence-electron chi connectivity index (χ0n) is 11.0. The van der Waals surface area contributed by atoms with Gasteiger partial charge in [-0.2, -0.15) is 0 Å². The third kappa shape index (κ3) is 7.68. The van der Waals surface area contributed by atoms with Crippen molar-refractivity contribution in [1.82, 2.24) is 10.2 Å². The van der Waals surface area contributed by atoms with Crippen LogP contribution in [0.2, 0.25) is 0 Å². The van der Waals surface area contributed by atoms with Gasteiger partial charge in [0.2, 0.25) is 0 Å². The highest BCUT2D eigenvalue weighted by molar-refractivity contribution is 4.69. The average Bonchev–Trinajstić information content (AvgIpc) is 2.29. The van der Waals surface area contributed by atoms with E-state index in [1.54, 1.807) is 0 Å². The first-order chi connectivity index (χ1) is 8.18. The highest BCUT2D eigenvalue weighted by atomic mass is 16.5. The van der Waals surface area contributed by atoms with Gasteiger partial charge in [-0.05, 0) is 13.8 Å². The monoisotopic (exact) mass is 246 g/mol. The average molecular weight is 246 g/mol. The van der Waals surface area contributed by atoms with Gasteiger partial charge < -0.3 is 19.9 Å². The lowest BCUT2D eigenvalue weighted by atomic mass is 10.3. The minimum Gasteiger partial charge on any atom is -0.390 e. The summed E-state index contributed by atoms with van der Waals surface area (Å²) in [5.74, 6) is 0. The fourth-order valence-corrected chi connectivity index (χ4v) is 1.78. The molecule has 1 fully saturated rings. The Hall–Kier alpha value is -0.200. The highest BCUT2D eigenvalue weighted by Gasteiger charge is 2.14. The molecule has 0 aromatic carbocycles. The number of aliphatic hydroxyl groups excluding tert-OH is 1. The van der Waals surface area contributed by atoms with Crippen LogP contribution >= 0.6 is 0 Å². The van der Waals surface area contributed by atoms with Gasteiger partial charge in [-0.25, -0.2) is 0 Å². The van der Waals surface area contributed by atoms with Gasteiger partial charge in [-0.3, -0.25) is 4.90 Å². The van der Waals surface area contributed by atoms with E-state index in [2.05, 4.69) is 10.2 Å². The number of morpholine rings is 1. The molecular formula is C12H26N2O3. The topological polar surface area (TPSA) is 54.0 Å². The van der Waals surface area contributed by atoms with Crippen LogP contribution in [0.1, 0.15) is 13.8 Å². The van der Waals surface area contributed by atoms with Crippen molar-refractivity contribution in [3.8, 4) is 0 Å². The lowest BCUT2D eigenvalue weighted by Gasteiger charge is -2.28. The van der Waals surface area contributed by atoms with E-state index < -0.39 is 0 Å². The summed E-state index contributed by atoms with van der Waals surface area (Å²) in [5, 5.41) is 13.0. The molecule has 2 N–H and O–H groups in total. The maximum atomic E-state index is 9.82. The van der Waals surface area contributed by atoms with Gasteiger partial charge in [0, 0.05) is 32.7 Å². The van der Waals surface area contributed by atoms with E-state index in [4.69, 9.17) is 9.47 Å². The molecular weight excluding hydrogens is 220 g/mol. The van der Waals surface area contributed by atoms with Crippen molar-refractivity contribution in [2.75, 3.05) is 52.5 Å². The molecule has 0 saturated carbocycles. The molecule has 17 heavy (non-hydrogen) atoms. The number of nitrogens with one attached hydrogen (secondary N) is 1. The van der Waals surface area contributed by atoms with Crippen molar-refractivity contribution in [3.05, 3.63) is 0 Å². The molecule has 5 nitrogen and oxygen atoms in total. The highest BCUT2D eigenvalue weighted by Crippen LogP contribution is 1.98. The van der Waals surface area contributed by atoms with Gasteiger partial charge in [0.15, 0.2) is 0 Å². The second-order valence-corrected chi connectivity index (χ2v) is 4.69. The van der Waals surface area contributed by atoms with E-state index in [0.717, 1.165) is 39.4 Å². The number of ether oxygens (including phenoxy) is 2. The smallest absolute Gasteiger partial charge is 0.0791 e. The van der Waals surface area contributed by atoms with Crippen LogP contribution in [-0.4, -0.2) is 74.8 Å². The van der Waals surface area contributed by atoms with E-state index in [1.165, 1.54) is 0 Å². The summed E-state index contributed by atoms with van der Waals surface area (Å²) in [6, 6.07) is 0. The van der Waals surface area contributed by atoms with Crippen LogP contribution in [0.5, 0.6) is 0 Å². The normalized spacial score (nSPS) is 19.8. The largest absolute Gasteiger partial charge is 0.390 e. The molecule has 0 aliphatic carbocycles. The Balaban J connectivity index is 1.95. The van der Waals surface area contributed by atoms with Crippen LogP contribution in [0.25, 0.3) is 0 Å². The molecule has 1 unspecified atom stereocenters. The van der Waals surface area contributed by atoms with Crippen molar-refractivity contribution in [3.63, 3.8) is 0 Å². The summed E-state index contributed by atoms with van der Waals surface area (Å²) in [7, 11) is 0. The Bertz CT molecular complexity index is 185. The fraction of sp³-hybridized carbons (Fsp3) is 1.00. The first-order valence-corrected chi connectivity index (χ1v) is 6.49. The second kappa shape index (κ2) is 8.83. The van der Waals surface area contributed by atoms with Crippen molar-refractivity contribution in [1.29, 1.82) is 0 Å². The second-order valence-electron chi connectivity index (χ2n) is 4.69. The summed E-state index contributed by atoms with van der Waals surface area (Å²) in [4.78, 5) is 2.24. The first-order valence-electron chi connectivity index (χ1n) is 6.49. The molecule has 0 aromatic heterocycles. The number of hydrogen-bond donors (Lipinski definition) is 2. The number of hydrogen-bond acceptors (Lipinski definition) is 5. The zero-order chi connectivity index (χ0) is 12.5. The Morgan fingerprint density at radius 2 is 2.06 bits per heavy atom. The predicted octanol–water partition coefficient (Wildman–Crippen LogP) is -0.306. The van der Waals surface area contributed by atoms with Crippen LogP contribution in [0, 0.1) is 0 Å². The Labute approximate surface area is 104 Å². The van der Waals surface area contributed by atoms with Crippen molar-refractivity contribution >= 4 is 0 Å². The quantitative estimate of drug-likeness (QED) is 0.576. The molecule has 0 radical (unpaired) electrons. The van der Waals surface area contributed by atoms with Crippen molar-refractivity contribution in [2.45, 2.75) is 26.1 Å². The maximum absolute atomic E-state index is 9.82. The third-order valence-corrected chi connectivity index (χ3v) is 2.68. The van der Waals surface area contributed by atoms with Crippen LogP contribution in [0.3, 0.4) is 0 Å². The van der Waals surface area contributed by atoms with Gasteiger partial charge in [-0.1, -0.05) is 0 Å². The van der Waals surface area contributed by atoms with E-state index in [1.807, 2.05) is 13.8 Å². The standard InChI is InChI=1S/C12H26N2O3/c1-11(2)17-6-3-13-9-12(15)10-14-4-7-16-8-5-14/h11-13,15H,3-10H2,1-2H3. The van der Waals surface area contributed by atoms with E-state index >= 15 is 0 Å². The van der Waals surface area contributed by atoms with Crippen LogP contribution in [0.15, 0.2) is 0 Å².